The van der Waals surface area contributed by atoms with Crippen molar-refractivity contribution in [3.63, 3.8) is 0 Å². The molecular formula is C29H38N4O. The molecule has 0 atom stereocenters. The molecule has 1 saturated heterocycles. The Hall–Kier alpha value is -2.63. The molecule has 5 rings (SSSR count). The van der Waals surface area contributed by atoms with Crippen LogP contribution in [0, 0.1) is 6.92 Å². The lowest BCUT2D eigenvalue weighted by atomic mass is 9.87. The number of rotatable bonds is 5. The van der Waals surface area contributed by atoms with E-state index in [1.54, 1.807) is 0 Å². The minimum Gasteiger partial charge on any atom is -0.389 e. The second-order valence-electron chi connectivity index (χ2n) is 11.2. The van der Waals surface area contributed by atoms with E-state index in [4.69, 9.17) is 0 Å². The molecule has 4 aromatic rings. The van der Waals surface area contributed by atoms with Crippen LogP contribution in [0.25, 0.3) is 33.1 Å². The molecule has 34 heavy (non-hydrogen) atoms. The summed E-state index contributed by atoms with van der Waals surface area (Å²) >= 11 is 0. The van der Waals surface area contributed by atoms with Gasteiger partial charge in [-0.15, -0.1) is 0 Å². The van der Waals surface area contributed by atoms with Crippen molar-refractivity contribution in [2.75, 3.05) is 19.6 Å². The van der Waals surface area contributed by atoms with Crippen LogP contribution in [-0.2, 0) is 7.05 Å². The second kappa shape index (κ2) is 8.54. The van der Waals surface area contributed by atoms with Gasteiger partial charge in [-0.25, -0.2) is 0 Å². The van der Waals surface area contributed by atoms with Gasteiger partial charge in [-0.3, -0.25) is 4.68 Å². The van der Waals surface area contributed by atoms with Crippen LogP contribution >= 0.6 is 0 Å². The molecule has 0 amide bonds. The average molecular weight is 459 g/mol. The predicted molar refractivity (Wildman–Crippen MR) is 142 cm³/mol. The summed E-state index contributed by atoms with van der Waals surface area (Å²) in [7, 11) is 2.00. The van der Waals surface area contributed by atoms with E-state index in [0.29, 0.717) is 11.8 Å². The Morgan fingerprint density at radius 2 is 1.85 bits per heavy atom. The van der Waals surface area contributed by atoms with E-state index in [2.05, 4.69) is 66.1 Å². The van der Waals surface area contributed by atoms with Crippen LogP contribution in [0.4, 0.5) is 0 Å². The number of aromatic nitrogens is 3. The van der Waals surface area contributed by atoms with E-state index in [1.807, 2.05) is 31.8 Å². The molecule has 2 aromatic heterocycles. The number of β-amino-alcohol motifs (C(OH)–C–C–N with tert-alkyl or cyclic N) is 1. The highest BCUT2D eigenvalue weighted by molar-refractivity contribution is 5.96. The van der Waals surface area contributed by atoms with Crippen LogP contribution in [0.3, 0.4) is 0 Å². The highest BCUT2D eigenvalue weighted by Gasteiger charge is 2.26. The van der Waals surface area contributed by atoms with Crippen molar-refractivity contribution in [2.45, 2.75) is 64.9 Å². The number of benzene rings is 2. The van der Waals surface area contributed by atoms with Crippen molar-refractivity contribution in [3.05, 3.63) is 53.2 Å². The van der Waals surface area contributed by atoms with E-state index < -0.39 is 5.60 Å². The first-order valence-electron chi connectivity index (χ1n) is 12.6. The Bertz CT molecular complexity index is 1330. The summed E-state index contributed by atoms with van der Waals surface area (Å²) in [6, 6.07) is 11.5. The fourth-order valence-electron chi connectivity index (χ4n) is 5.90. The van der Waals surface area contributed by atoms with E-state index in [9.17, 15) is 5.11 Å². The average Bonchev–Trinajstić information content (AvgIpc) is 3.34. The van der Waals surface area contributed by atoms with Gasteiger partial charge in [-0.05, 0) is 93.4 Å². The Labute approximate surface area is 202 Å². The molecule has 0 unspecified atom stereocenters. The number of H-pyrrole nitrogens is 1. The number of likely N-dealkylation sites (tertiary alicyclic amines) is 1. The third kappa shape index (κ3) is 4.16. The fourth-order valence-corrected chi connectivity index (χ4v) is 5.90. The van der Waals surface area contributed by atoms with Crippen LogP contribution in [0.15, 0.2) is 36.5 Å². The van der Waals surface area contributed by atoms with E-state index >= 15 is 0 Å². The molecule has 1 fully saturated rings. The maximum Gasteiger partial charge on any atom is 0.0718 e. The highest BCUT2D eigenvalue weighted by atomic mass is 16.3. The van der Waals surface area contributed by atoms with Crippen molar-refractivity contribution in [2.24, 2.45) is 7.05 Å². The number of hydrogen-bond acceptors (Lipinski definition) is 3. The van der Waals surface area contributed by atoms with Crippen LogP contribution in [0.5, 0.6) is 0 Å². The molecular weight excluding hydrogens is 420 g/mol. The minimum absolute atomic E-state index is 0.414. The molecule has 0 saturated carbocycles. The van der Waals surface area contributed by atoms with E-state index in [-0.39, 0.29) is 0 Å². The lowest BCUT2D eigenvalue weighted by molar-refractivity contribution is 0.0282. The molecule has 180 valence electrons. The van der Waals surface area contributed by atoms with Crippen molar-refractivity contribution in [3.8, 4) is 11.3 Å². The van der Waals surface area contributed by atoms with Crippen molar-refractivity contribution in [1.82, 2.24) is 19.7 Å². The summed E-state index contributed by atoms with van der Waals surface area (Å²) in [6.45, 7) is 13.5. The number of nitrogens with zero attached hydrogens (tertiary/aromatic N) is 3. The second-order valence-corrected chi connectivity index (χ2v) is 11.2. The maximum absolute atomic E-state index is 10.2. The van der Waals surface area contributed by atoms with Gasteiger partial charge >= 0.3 is 0 Å². The third-order valence-electron chi connectivity index (χ3n) is 7.58. The zero-order valence-electron chi connectivity index (χ0n) is 21.4. The van der Waals surface area contributed by atoms with Crippen LogP contribution < -0.4 is 0 Å². The first kappa shape index (κ1) is 23.1. The number of hydrogen-bond donors (Lipinski definition) is 2. The maximum atomic E-state index is 10.2. The van der Waals surface area contributed by atoms with Gasteiger partial charge in [0.15, 0.2) is 0 Å². The largest absolute Gasteiger partial charge is 0.389 e. The Balaban J connectivity index is 1.51. The predicted octanol–water partition coefficient (Wildman–Crippen LogP) is 6.10. The van der Waals surface area contributed by atoms with Gasteiger partial charge in [-0.2, -0.15) is 5.10 Å². The van der Waals surface area contributed by atoms with Crippen LogP contribution in [-0.4, -0.2) is 50.0 Å². The smallest absolute Gasteiger partial charge is 0.0718 e. The van der Waals surface area contributed by atoms with Gasteiger partial charge < -0.3 is 15.0 Å². The topological polar surface area (TPSA) is 57.1 Å². The highest BCUT2D eigenvalue weighted by Crippen LogP contribution is 2.40. The number of aromatic amines is 1. The molecule has 0 radical (unpaired) electrons. The normalized spacial score (nSPS) is 16.4. The monoisotopic (exact) mass is 458 g/mol. The summed E-state index contributed by atoms with van der Waals surface area (Å²) in [6.07, 6.45) is 4.27. The number of piperidine rings is 1. The summed E-state index contributed by atoms with van der Waals surface area (Å²) < 4.78 is 1.94. The number of nitrogens with one attached hydrogen (secondary N) is 1. The van der Waals surface area contributed by atoms with Crippen LogP contribution in [0.2, 0.25) is 0 Å². The van der Waals surface area contributed by atoms with Crippen molar-refractivity contribution >= 4 is 21.8 Å². The number of aryl methyl sites for hydroxylation is 2. The third-order valence-corrected chi connectivity index (χ3v) is 7.58. The molecule has 2 aromatic carbocycles. The van der Waals surface area contributed by atoms with Crippen molar-refractivity contribution in [1.29, 1.82) is 0 Å². The summed E-state index contributed by atoms with van der Waals surface area (Å²) in [5.74, 6) is 0.992. The Morgan fingerprint density at radius 1 is 1.12 bits per heavy atom. The van der Waals surface area contributed by atoms with Gasteiger partial charge in [0.05, 0.1) is 23.0 Å². The summed E-state index contributed by atoms with van der Waals surface area (Å²) in [4.78, 5) is 6.18. The summed E-state index contributed by atoms with van der Waals surface area (Å²) in [5.41, 5.74) is 8.39. The SMILES string of the molecule is Cc1c(-c2[nH]c3ccc(C4CCN(CC(C)(C)O)CC4)cc3c2C(C)C)ccc2c1cnn2C. The van der Waals surface area contributed by atoms with Gasteiger partial charge in [0, 0.05) is 35.4 Å². The standard InChI is InChI=1S/C29H38N4O/c1-18(2)27-23-15-21(20-11-13-33(14-12-20)17-29(4,5)34)7-9-25(23)31-28(27)22-8-10-26-24(19(22)3)16-30-32(26)6/h7-10,15-16,18,20,31,34H,11-14,17H2,1-6H3. The number of fused-ring (bicyclic) bond motifs is 2. The van der Waals surface area contributed by atoms with E-state index in [0.717, 1.165) is 32.5 Å². The fraction of sp³-hybridized carbons (Fsp3) is 0.483. The Kier molecular flexibility index (Phi) is 5.81. The van der Waals surface area contributed by atoms with Gasteiger partial charge in [-0.1, -0.05) is 26.0 Å². The van der Waals surface area contributed by atoms with Crippen molar-refractivity contribution < 1.29 is 5.11 Å². The summed E-state index contributed by atoms with van der Waals surface area (Å²) in [5, 5.41) is 17.2. The molecule has 5 nitrogen and oxygen atoms in total. The molecule has 1 aliphatic rings. The molecule has 3 heterocycles. The minimum atomic E-state index is -0.629. The molecule has 5 heteroatoms. The molecule has 0 bridgehead atoms. The van der Waals surface area contributed by atoms with Gasteiger partial charge in [0.2, 0.25) is 0 Å². The zero-order valence-corrected chi connectivity index (χ0v) is 21.4. The Morgan fingerprint density at radius 3 is 2.53 bits per heavy atom. The molecule has 1 aliphatic heterocycles. The van der Waals surface area contributed by atoms with Gasteiger partial charge in [0.25, 0.3) is 0 Å². The van der Waals surface area contributed by atoms with E-state index in [1.165, 1.54) is 49.8 Å². The lowest BCUT2D eigenvalue weighted by Crippen LogP contribution is -2.42. The molecule has 0 spiro atoms. The molecule has 0 aliphatic carbocycles. The lowest BCUT2D eigenvalue weighted by Gasteiger charge is -2.35. The van der Waals surface area contributed by atoms with Crippen LogP contribution in [0.1, 0.15) is 69.1 Å². The zero-order chi connectivity index (χ0) is 24.2. The quantitative estimate of drug-likeness (QED) is 0.380. The first-order valence-corrected chi connectivity index (χ1v) is 12.6. The van der Waals surface area contributed by atoms with Gasteiger partial charge in [0.1, 0.15) is 0 Å². The molecule has 2 N–H and O–H groups in total. The number of aliphatic hydroxyl groups is 1. The first-order chi connectivity index (χ1) is 16.1.